The third-order valence-corrected chi connectivity index (χ3v) is 5.21. The van der Waals surface area contributed by atoms with E-state index < -0.39 is 10.8 Å². The molecule has 1 aliphatic rings. The van der Waals surface area contributed by atoms with Crippen molar-refractivity contribution in [3.05, 3.63) is 64.2 Å². The van der Waals surface area contributed by atoms with Gasteiger partial charge in [0.1, 0.15) is 0 Å². The van der Waals surface area contributed by atoms with Crippen LogP contribution in [0.15, 0.2) is 48.5 Å². The van der Waals surface area contributed by atoms with Crippen molar-refractivity contribution in [2.24, 2.45) is 5.92 Å². The van der Waals surface area contributed by atoms with Gasteiger partial charge in [0.2, 0.25) is 11.8 Å². The second-order valence-electron chi connectivity index (χ2n) is 7.10. The van der Waals surface area contributed by atoms with E-state index in [1.807, 2.05) is 24.3 Å². The maximum absolute atomic E-state index is 12.5. The van der Waals surface area contributed by atoms with E-state index in [2.05, 4.69) is 19.2 Å². The summed E-state index contributed by atoms with van der Waals surface area (Å²) in [6, 6.07) is 13.6. The van der Waals surface area contributed by atoms with Crippen LogP contribution >= 0.6 is 0 Å². The minimum absolute atomic E-state index is 0.0941. The first-order chi connectivity index (χ1) is 13.4. The van der Waals surface area contributed by atoms with Crippen LogP contribution in [0.5, 0.6) is 0 Å². The molecule has 7 nitrogen and oxygen atoms in total. The zero-order chi connectivity index (χ0) is 20.3. The van der Waals surface area contributed by atoms with E-state index in [0.29, 0.717) is 18.2 Å². The molecule has 3 rings (SSSR count). The lowest BCUT2D eigenvalue weighted by Gasteiger charge is -2.18. The third kappa shape index (κ3) is 4.19. The summed E-state index contributed by atoms with van der Waals surface area (Å²) < 4.78 is 0. The molecule has 0 bridgehead atoms. The van der Waals surface area contributed by atoms with E-state index in [-0.39, 0.29) is 23.9 Å². The first-order valence-corrected chi connectivity index (χ1v) is 9.34. The predicted molar refractivity (Wildman–Crippen MR) is 107 cm³/mol. The Morgan fingerprint density at radius 3 is 2.64 bits per heavy atom. The lowest BCUT2D eigenvalue weighted by Crippen LogP contribution is -2.28. The van der Waals surface area contributed by atoms with Gasteiger partial charge in [-0.05, 0) is 36.1 Å². The fraction of sp³-hybridized carbons (Fsp3) is 0.333. The molecule has 7 heteroatoms. The van der Waals surface area contributed by atoms with Gasteiger partial charge in [-0.3, -0.25) is 19.7 Å². The van der Waals surface area contributed by atoms with Gasteiger partial charge in [-0.2, -0.15) is 0 Å². The van der Waals surface area contributed by atoms with E-state index >= 15 is 0 Å². The quantitative estimate of drug-likeness (QED) is 0.602. The van der Waals surface area contributed by atoms with Crippen molar-refractivity contribution in [1.29, 1.82) is 0 Å². The summed E-state index contributed by atoms with van der Waals surface area (Å²) in [4.78, 5) is 36.9. The monoisotopic (exact) mass is 381 g/mol. The summed E-state index contributed by atoms with van der Waals surface area (Å²) in [5.41, 5.74) is 2.26. The minimum atomic E-state index is -0.514. The molecule has 2 aromatic rings. The molecule has 0 radical (unpaired) electrons. The number of nitro benzene ring substituents is 1. The van der Waals surface area contributed by atoms with Crippen molar-refractivity contribution in [2.75, 3.05) is 16.8 Å². The summed E-state index contributed by atoms with van der Waals surface area (Å²) in [5.74, 6) is -0.458. The van der Waals surface area contributed by atoms with Crippen LogP contribution in [-0.4, -0.2) is 23.3 Å². The highest BCUT2D eigenvalue weighted by Gasteiger charge is 2.35. The molecule has 2 atom stereocenters. The normalized spacial score (nSPS) is 17.4. The van der Waals surface area contributed by atoms with Crippen LogP contribution in [-0.2, 0) is 9.59 Å². The molecule has 0 unspecified atom stereocenters. The lowest BCUT2D eigenvalue weighted by atomic mass is 9.98. The molecule has 2 aromatic carbocycles. The molecule has 1 fully saturated rings. The molecule has 1 aliphatic heterocycles. The van der Waals surface area contributed by atoms with Crippen LogP contribution in [0, 0.1) is 16.0 Å². The summed E-state index contributed by atoms with van der Waals surface area (Å²) in [6.07, 6.45) is 1.16. The Balaban J connectivity index is 1.67. The number of amides is 2. The summed E-state index contributed by atoms with van der Waals surface area (Å²) in [7, 11) is 0. The molecule has 28 heavy (non-hydrogen) atoms. The molecular weight excluding hydrogens is 358 g/mol. The number of benzene rings is 2. The van der Waals surface area contributed by atoms with Crippen molar-refractivity contribution in [1.82, 2.24) is 0 Å². The zero-order valence-corrected chi connectivity index (χ0v) is 15.9. The Morgan fingerprint density at radius 2 is 2.00 bits per heavy atom. The number of carbonyl (C=O) groups is 2. The number of hydrogen-bond acceptors (Lipinski definition) is 4. The van der Waals surface area contributed by atoms with Gasteiger partial charge < -0.3 is 10.2 Å². The van der Waals surface area contributed by atoms with Gasteiger partial charge in [0, 0.05) is 36.5 Å². The molecule has 0 aliphatic carbocycles. The molecule has 0 aromatic heterocycles. The third-order valence-electron chi connectivity index (χ3n) is 5.21. The number of nitrogens with zero attached hydrogens (tertiary/aromatic N) is 2. The molecule has 1 heterocycles. The number of anilines is 2. The maximum Gasteiger partial charge on any atom is 0.271 e. The van der Waals surface area contributed by atoms with Gasteiger partial charge in [-0.15, -0.1) is 0 Å². The van der Waals surface area contributed by atoms with Crippen molar-refractivity contribution >= 4 is 28.9 Å². The van der Waals surface area contributed by atoms with Crippen LogP contribution in [0.3, 0.4) is 0 Å². The number of carbonyl (C=O) groups excluding carboxylic acids is 2. The van der Waals surface area contributed by atoms with E-state index in [0.717, 1.165) is 12.1 Å². The topological polar surface area (TPSA) is 92.6 Å². The number of non-ortho nitro benzene ring substituents is 1. The van der Waals surface area contributed by atoms with Crippen LogP contribution in [0.1, 0.15) is 38.2 Å². The highest BCUT2D eigenvalue weighted by Crippen LogP contribution is 2.28. The zero-order valence-electron chi connectivity index (χ0n) is 15.9. The maximum atomic E-state index is 12.5. The van der Waals surface area contributed by atoms with Crippen LogP contribution in [0.25, 0.3) is 0 Å². The van der Waals surface area contributed by atoms with Gasteiger partial charge in [0.15, 0.2) is 0 Å². The average molecular weight is 381 g/mol. The Morgan fingerprint density at radius 1 is 1.29 bits per heavy atom. The number of rotatable bonds is 6. The van der Waals surface area contributed by atoms with E-state index in [1.165, 1.54) is 23.8 Å². The predicted octanol–water partition coefficient (Wildman–Crippen LogP) is 4.10. The lowest BCUT2D eigenvalue weighted by molar-refractivity contribution is -0.384. The first kappa shape index (κ1) is 19.5. The second kappa shape index (κ2) is 8.21. The van der Waals surface area contributed by atoms with Crippen molar-refractivity contribution in [3.63, 3.8) is 0 Å². The molecule has 0 saturated carbocycles. The number of nitrogens with one attached hydrogen (secondary N) is 1. The Bertz CT molecular complexity index is 895. The Labute approximate surface area is 163 Å². The van der Waals surface area contributed by atoms with Crippen LogP contribution < -0.4 is 10.2 Å². The first-order valence-electron chi connectivity index (χ1n) is 9.34. The van der Waals surface area contributed by atoms with Gasteiger partial charge in [-0.25, -0.2) is 0 Å². The fourth-order valence-electron chi connectivity index (χ4n) is 3.29. The molecule has 2 amide bonds. The second-order valence-corrected chi connectivity index (χ2v) is 7.10. The SMILES string of the molecule is CC[C@H](C)c1ccc(N2C[C@@H](C(=O)Nc3cccc([N+](=O)[O-])c3)CC2=O)cc1. The van der Waals surface area contributed by atoms with Crippen LogP contribution in [0.2, 0.25) is 0 Å². The van der Waals surface area contributed by atoms with E-state index in [1.54, 1.807) is 11.0 Å². The van der Waals surface area contributed by atoms with Crippen LogP contribution in [0.4, 0.5) is 17.1 Å². The molecular formula is C21H23N3O4. The van der Waals surface area contributed by atoms with Gasteiger partial charge in [-0.1, -0.05) is 32.0 Å². The van der Waals surface area contributed by atoms with E-state index in [9.17, 15) is 19.7 Å². The minimum Gasteiger partial charge on any atom is -0.326 e. The van der Waals surface area contributed by atoms with Crippen molar-refractivity contribution < 1.29 is 14.5 Å². The molecule has 1 saturated heterocycles. The highest BCUT2D eigenvalue weighted by molar-refractivity contribution is 6.03. The number of nitro groups is 1. The molecule has 1 N–H and O–H groups in total. The average Bonchev–Trinajstić information content (AvgIpc) is 3.09. The Hall–Kier alpha value is -3.22. The smallest absolute Gasteiger partial charge is 0.271 e. The summed E-state index contributed by atoms with van der Waals surface area (Å²) in [6.45, 7) is 4.58. The standard InChI is InChI=1S/C21H23N3O4/c1-3-14(2)15-7-9-18(10-8-15)23-13-16(11-20(23)25)21(26)22-17-5-4-6-19(12-17)24(27)28/h4-10,12,14,16H,3,11,13H2,1-2H3,(H,22,26)/t14-,16-/m0/s1. The Kier molecular flexibility index (Phi) is 5.73. The van der Waals surface area contributed by atoms with Gasteiger partial charge in [0.05, 0.1) is 10.8 Å². The van der Waals surface area contributed by atoms with E-state index in [4.69, 9.17) is 0 Å². The number of hydrogen-bond donors (Lipinski definition) is 1. The highest BCUT2D eigenvalue weighted by atomic mass is 16.6. The summed E-state index contributed by atoms with van der Waals surface area (Å²) in [5, 5.41) is 13.5. The largest absolute Gasteiger partial charge is 0.326 e. The van der Waals surface area contributed by atoms with Gasteiger partial charge in [0.25, 0.3) is 5.69 Å². The fourth-order valence-corrected chi connectivity index (χ4v) is 3.29. The van der Waals surface area contributed by atoms with Gasteiger partial charge >= 0.3 is 0 Å². The molecule has 0 spiro atoms. The van der Waals surface area contributed by atoms with Crippen molar-refractivity contribution in [3.8, 4) is 0 Å². The summed E-state index contributed by atoms with van der Waals surface area (Å²) >= 11 is 0. The molecule has 146 valence electrons. The van der Waals surface area contributed by atoms with Crippen molar-refractivity contribution in [2.45, 2.75) is 32.6 Å².